The molecule has 0 aromatic carbocycles. The van der Waals surface area contributed by atoms with E-state index < -0.39 is 0 Å². The molecular weight excluding hydrogens is 170 g/mol. The van der Waals surface area contributed by atoms with Crippen LogP contribution < -0.4 is 5.32 Å². The molecule has 0 saturated heterocycles. The van der Waals surface area contributed by atoms with E-state index in [0.29, 0.717) is 0 Å². The maximum atomic E-state index is 11.3. The number of hydrogen-bond donors (Lipinski definition) is 1. The predicted octanol–water partition coefficient (Wildman–Crippen LogP) is 1.35. The van der Waals surface area contributed by atoms with Crippen molar-refractivity contribution in [2.45, 2.75) is 12.3 Å². The molecule has 1 N–H and O–H groups in total. The number of esters is 1. The molecule has 4 nitrogen and oxygen atoms in total. The van der Waals surface area contributed by atoms with Crippen molar-refractivity contribution in [1.82, 2.24) is 0 Å². The zero-order chi connectivity index (χ0) is 9.26. The second kappa shape index (κ2) is 3.12. The van der Waals surface area contributed by atoms with Gasteiger partial charge in [-0.25, -0.2) is 0 Å². The number of fused-ring (bicyclic) bond motifs is 1. The number of hydrogen-bond acceptors (Lipinski definition) is 4. The van der Waals surface area contributed by atoms with Crippen LogP contribution in [0.5, 0.6) is 0 Å². The molecule has 70 valence electrons. The lowest BCUT2D eigenvalue weighted by molar-refractivity contribution is -0.142. The fraction of sp³-hybridized carbons (Fsp3) is 0.444. The molecule has 1 unspecified atom stereocenters. The van der Waals surface area contributed by atoms with Crippen LogP contribution in [0.4, 0.5) is 5.69 Å². The van der Waals surface area contributed by atoms with Gasteiger partial charge in [-0.3, -0.25) is 4.79 Å². The molecule has 0 fully saturated rings. The molecule has 0 radical (unpaired) electrons. The fourth-order valence-electron chi connectivity index (χ4n) is 1.61. The van der Waals surface area contributed by atoms with E-state index in [4.69, 9.17) is 9.15 Å². The predicted molar refractivity (Wildman–Crippen MR) is 46.6 cm³/mol. The average molecular weight is 181 g/mol. The summed E-state index contributed by atoms with van der Waals surface area (Å²) in [5.74, 6) is -0.357. The third-order valence-electron chi connectivity index (χ3n) is 2.30. The smallest absolute Gasteiger partial charge is 0.313 e. The molecule has 0 aliphatic carbocycles. The van der Waals surface area contributed by atoms with Crippen molar-refractivity contribution in [3.05, 3.63) is 18.1 Å². The molecule has 1 aliphatic heterocycles. The SMILES string of the molecule is COC(=O)C1CCNc2cocc21. The summed E-state index contributed by atoms with van der Waals surface area (Å²) in [7, 11) is 1.41. The first-order valence-electron chi connectivity index (χ1n) is 4.20. The normalized spacial score (nSPS) is 20.2. The lowest BCUT2D eigenvalue weighted by Gasteiger charge is -2.20. The monoisotopic (exact) mass is 181 g/mol. The van der Waals surface area contributed by atoms with Crippen LogP contribution in [0, 0.1) is 0 Å². The summed E-state index contributed by atoms with van der Waals surface area (Å²) in [5.41, 5.74) is 1.81. The van der Waals surface area contributed by atoms with Gasteiger partial charge in [-0.05, 0) is 6.42 Å². The van der Waals surface area contributed by atoms with Gasteiger partial charge in [-0.2, -0.15) is 0 Å². The Labute approximate surface area is 75.9 Å². The standard InChI is InChI=1S/C9H11NO3/c1-12-9(11)6-2-3-10-8-5-13-4-7(6)8/h4-6,10H,2-3H2,1H3. The average Bonchev–Trinajstić information content (AvgIpc) is 2.63. The maximum Gasteiger partial charge on any atom is 0.313 e. The van der Waals surface area contributed by atoms with E-state index in [9.17, 15) is 4.79 Å². The topological polar surface area (TPSA) is 51.5 Å². The Kier molecular flexibility index (Phi) is 1.96. The summed E-state index contributed by atoms with van der Waals surface area (Å²) in [6.45, 7) is 0.784. The van der Waals surface area contributed by atoms with Gasteiger partial charge in [0.25, 0.3) is 0 Å². The molecule has 2 rings (SSSR count). The van der Waals surface area contributed by atoms with Crippen molar-refractivity contribution < 1.29 is 13.9 Å². The summed E-state index contributed by atoms with van der Waals surface area (Å²) >= 11 is 0. The highest BCUT2D eigenvalue weighted by Gasteiger charge is 2.28. The van der Waals surface area contributed by atoms with Gasteiger partial charge in [0, 0.05) is 12.1 Å². The number of anilines is 1. The molecule has 1 aliphatic rings. The Morgan fingerprint density at radius 3 is 3.31 bits per heavy atom. The van der Waals surface area contributed by atoms with Crippen LogP contribution in [0.15, 0.2) is 16.9 Å². The zero-order valence-electron chi connectivity index (χ0n) is 7.37. The van der Waals surface area contributed by atoms with Crippen LogP contribution in [0.3, 0.4) is 0 Å². The zero-order valence-corrected chi connectivity index (χ0v) is 7.37. The lowest BCUT2D eigenvalue weighted by Crippen LogP contribution is -2.22. The van der Waals surface area contributed by atoms with E-state index in [1.807, 2.05) is 0 Å². The Balaban J connectivity index is 2.30. The summed E-state index contributed by atoms with van der Waals surface area (Å²) < 4.78 is 9.73. The number of carbonyl (C=O) groups excluding carboxylic acids is 1. The third kappa shape index (κ3) is 1.28. The molecule has 1 aromatic heterocycles. The second-order valence-electron chi connectivity index (χ2n) is 3.03. The largest absolute Gasteiger partial charge is 0.470 e. The molecule has 2 heterocycles. The van der Waals surface area contributed by atoms with Crippen LogP contribution in [0.1, 0.15) is 17.9 Å². The highest BCUT2D eigenvalue weighted by molar-refractivity contribution is 5.81. The van der Waals surface area contributed by atoms with Crippen LogP contribution in [0.25, 0.3) is 0 Å². The van der Waals surface area contributed by atoms with Gasteiger partial charge in [0.1, 0.15) is 6.26 Å². The van der Waals surface area contributed by atoms with Gasteiger partial charge in [0.15, 0.2) is 0 Å². The first-order chi connectivity index (χ1) is 6.33. The Hall–Kier alpha value is -1.45. The van der Waals surface area contributed by atoms with Crippen LogP contribution in [-0.2, 0) is 9.53 Å². The number of rotatable bonds is 1. The molecule has 0 spiro atoms. The quantitative estimate of drug-likeness (QED) is 0.664. The highest BCUT2D eigenvalue weighted by atomic mass is 16.5. The molecule has 13 heavy (non-hydrogen) atoms. The van der Waals surface area contributed by atoms with Crippen molar-refractivity contribution >= 4 is 11.7 Å². The number of ether oxygens (including phenoxy) is 1. The van der Waals surface area contributed by atoms with Crippen molar-refractivity contribution in [2.75, 3.05) is 19.0 Å². The van der Waals surface area contributed by atoms with Gasteiger partial charge in [-0.15, -0.1) is 0 Å². The van der Waals surface area contributed by atoms with Crippen LogP contribution in [-0.4, -0.2) is 19.6 Å². The van der Waals surface area contributed by atoms with E-state index >= 15 is 0 Å². The molecular formula is C9H11NO3. The Morgan fingerprint density at radius 2 is 2.54 bits per heavy atom. The molecule has 4 heteroatoms. The van der Waals surface area contributed by atoms with E-state index in [-0.39, 0.29) is 11.9 Å². The molecule has 0 amide bonds. The fourth-order valence-corrected chi connectivity index (χ4v) is 1.61. The minimum atomic E-state index is -0.191. The van der Waals surface area contributed by atoms with Gasteiger partial charge >= 0.3 is 5.97 Å². The van der Waals surface area contributed by atoms with E-state index in [1.54, 1.807) is 12.5 Å². The second-order valence-corrected chi connectivity index (χ2v) is 3.03. The Bertz CT molecular complexity index is 318. The first-order valence-corrected chi connectivity index (χ1v) is 4.20. The first kappa shape index (κ1) is 8.16. The van der Waals surface area contributed by atoms with Crippen molar-refractivity contribution in [3.8, 4) is 0 Å². The highest BCUT2D eigenvalue weighted by Crippen LogP contribution is 2.32. The van der Waals surface area contributed by atoms with Gasteiger partial charge < -0.3 is 14.5 Å². The number of carbonyl (C=O) groups is 1. The number of methoxy groups -OCH3 is 1. The number of nitrogens with one attached hydrogen (secondary N) is 1. The molecule has 1 atom stereocenters. The number of furan rings is 1. The van der Waals surface area contributed by atoms with Gasteiger partial charge in [0.05, 0.1) is 25.0 Å². The minimum absolute atomic E-state index is 0.167. The minimum Gasteiger partial charge on any atom is -0.470 e. The summed E-state index contributed by atoms with van der Waals surface area (Å²) in [5, 5.41) is 3.15. The Morgan fingerprint density at radius 1 is 1.69 bits per heavy atom. The van der Waals surface area contributed by atoms with Crippen molar-refractivity contribution in [1.29, 1.82) is 0 Å². The lowest BCUT2D eigenvalue weighted by atomic mass is 9.94. The summed E-state index contributed by atoms with van der Waals surface area (Å²) in [4.78, 5) is 11.3. The third-order valence-corrected chi connectivity index (χ3v) is 2.30. The molecule has 1 aromatic rings. The maximum absolute atomic E-state index is 11.3. The molecule has 0 bridgehead atoms. The summed E-state index contributed by atoms with van der Waals surface area (Å²) in [6, 6.07) is 0. The molecule has 0 saturated carbocycles. The van der Waals surface area contributed by atoms with Crippen molar-refractivity contribution in [2.24, 2.45) is 0 Å². The van der Waals surface area contributed by atoms with Crippen LogP contribution in [0.2, 0.25) is 0 Å². The van der Waals surface area contributed by atoms with Crippen LogP contribution >= 0.6 is 0 Å². The van der Waals surface area contributed by atoms with E-state index in [1.165, 1.54) is 7.11 Å². The van der Waals surface area contributed by atoms with E-state index in [0.717, 1.165) is 24.2 Å². The van der Waals surface area contributed by atoms with E-state index in [2.05, 4.69) is 5.32 Å². The van der Waals surface area contributed by atoms with Gasteiger partial charge in [-0.1, -0.05) is 0 Å². The summed E-state index contributed by atoms with van der Waals surface area (Å²) in [6.07, 6.45) is 3.98. The van der Waals surface area contributed by atoms with Crippen molar-refractivity contribution in [3.63, 3.8) is 0 Å². The van der Waals surface area contributed by atoms with Gasteiger partial charge in [0.2, 0.25) is 0 Å².